The zero-order valence-corrected chi connectivity index (χ0v) is 23.2. The number of anilines is 1. The molecule has 0 saturated carbocycles. The maximum absolute atomic E-state index is 13.6. The van der Waals surface area contributed by atoms with Gasteiger partial charge in [0.15, 0.2) is 5.65 Å². The van der Waals surface area contributed by atoms with Gasteiger partial charge in [0.05, 0.1) is 24.8 Å². The molecule has 9 heteroatoms. The molecular weight excluding hydrogens is 560 g/mol. The number of methoxy groups -OCH3 is 1. The van der Waals surface area contributed by atoms with E-state index in [0.29, 0.717) is 39.2 Å². The number of para-hydroxylation sites is 2. The molecule has 0 aliphatic carbocycles. The van der Waals surface area contributed by atoms with E-state index in [1.807, 2.05) is 42.5 Å². The van der Waals surface area contributed by atoms with Crippen molar-refractivity contribution in [1.29, 1.82) is 0 Å². The lowest BCUT2D eigenvalue weighted by atomic mass is 10.2. The van der Waals surface area contributed by atoms with E-state index in [9.17, 15) is 9.59 Å². The van der Waals surface area contributed by atoms with Gasteiger partial charge in [-0.3, -0.25) is 9.36 Å². The Balaban J connectivity index is 1.74. The number of hydrogen-bond donors (Lipinski definition) is 1. The molecule has 8 nitrogen and oxygen atoms in total. The molecule has 5 aromatic rings. The van der Waals surface area contributed by atoms with E-state index >= 15 is 0 Å². The van der Waals surface area contributed by atoms with Gasteiger partial charge in [0.1, 0.15) is 22.6 Å². The summed E-state index contributed by atoms with van der Waals surface area (Å²) in [5.74, 6) is -0.0612. The Hall–Kier alpha value is -4.24. The second-order valence-electron chi connectivity index (χ2n) is 8.95. The molecule has 0 saturated heterocycles. The van der Waals surface area contributed by atoms with Gasteiger partial charge in [0.2, 0.25) is 0 Å². The van der Waals surface area contributed by atoms with Crippen LogP contribution in [0.15, 0.2) is 77.3 Å². The minimum absolute atomic E-state index is 0.152. The molecule has 39 heavy (non-hydrogen) atoms. The largest absolute Gasteiger partial charge is 0.497 e. The molecule has 1 N–H and O–H groups in total. The maximum atomic E-state index is 13.6. The summed E-state index contributed by atoms with van der Waals surface area (Å²) in [6.07, 6.45) is 2.69. The lowest BCUT2D eigenvalue weighted by Crippen LogP contribution is -2.18. The van der Waals surface area contributed by atoms with Gasteiger partial charge in [-0.1, -0.05) is 53.9 Å². The predicted octanol–water partition coefficient (Wildman–Crippen LogP) is 6.94. The number of unbranched alkanes of at least 4 members (excludes halogenated alkanes) is 2. The number of nitrogens with one attached hydrogen (secondary N) is 1. The van der Waals surface area contributed by atoms with Gasteiger partial charge in [-0.05, 0) is 61.0 Å². The normalized spacial score (nSPS) is 11.1. The third-order valence-electron chi connectivity index (χ3n) is 6.30. The minimum atomic E-state index is -0.572. The van der Waals surface area contributed by atoms with Crippen LogP contribution in [-0.2, 0) is 4.74 Å². The first-order valence-corrected chi connectivity index (χ1v) is 13.5. The van der Waals surface area contributed by atoms with Crippen molar-refractivity contribution in [2.45, 2.75) is 26.2 Å². The molecule has 0 fully saturated rings. The van der Waals surface area contributed by atoms with Crippen molar-refractivity contribution in [2.75, 3.05) is 19.0 Å². The van der Waals surface area contributed by atoms with Crippen LogP contribution in [0, 0.1) is 0 Å². The molecule has 0 aliphatic heterocycles. The molecule has 1 amide bonds. The second kappa shape index (κ2) is 11.7. The number of amides is 1. The van der Waals surface area contributed by atoms with Crippen LogP contribution >= 0.6 is 15.9 Å². The Labute approximate surface area is 234 Å². The molecule has 5 rings (SSSR count). The van der Waals surface area contributed by atoms with E-state index in [1.54, 1.807) is 42.0 Å². The highest BCUT2D eigenvalue weighted by atomic mass is 79.9. The Kier molecular flexibility index (Phi) is 7.88. The van der Waals surface area contributed by atoms with Gasteiger partial charge in [-0.2, -0.15) is 0 Å². The smallest absolute Gasteiger partial charge is 0.344 e. The number of aromatic nitrogens is 3. The monoisotopic (exact) mass is 586 g/mol. The van der Waals surface area contributed by atoms with Crippen molar-refractivity contribution in [3.8, 4) is 11.4 Å². The van der Waals surface area contributed by atoms with E-state index in [0.717, 1.165) is 23.7 Å². The summed E-state index contributed by atoms with van der Waals surface area (Å²) in [5, 5.41) is 2.97. The highest BCUT2D eigenvalue weighted by Crippen LogP contribution is 2.34. The molecule has 0 bridgehead atoms. The van der Waals surface area contributed by atoms with Crippen molar-refractivity contribution in [3.05, 3.63) is 88.4 Å². The Morgan fingerprint density at radius 3 is 2.38 bits per heavy atom. The highest BCUT2D eigenvalue weighted by Gasteiger charge is 2.29. The van der Waals surface area contributed by atoms with E-state index < -0.39 is 11.9 Å². The number of carbonyl (C=O) groups excluding carboxylic acids is 2. The number of ether oxygens (including phenoxy) is 2. The summed E-state index contributed by atoms with van der Waals surface area (Å²) < 4.78 is 13.5. The summed E-state index contributed by atoms with van der Waals surface area (Å²) in [4.78, 5) is 36.8. The zero-order valence-electron chi connectivity index (χ0n) is 21.6. The Bertz CT molecular complexity index is 1660. The fourth-order valence-corrected chi connectivity index (χ4v) is 4.74. The van der Waals surface area contributed by atoms with Gasteiger partial charge in [-0.25, -0.2) is 14.8 Å². The molecule has 0 spiro atoms. The maximum Gasteiger partial charge on any atom is 0.344 e. The van der Waals surface area contributed by atoms with E-state index in [2.05, 4.69) is 28.2 Å². The number of rotatable bonds is 9. The fraction of sp³-hybridized carbons (Fsp3) is 0.200. The molecule has 198 valence electrons. The third kappa shape index (κ3) is 5.49. The molecule has 3 aromatic carbocycles. The van der Waals surface area contributed by atoms with E-state index in [1.165, 1.54) is 0 Å². The van der Waals surface area contributed by atoms with Crippen LogP contribution < -0.4 is 10.1 Å². The number of halogens is 1. The Morgan fingerprint density at radius 2 is 1.69 bits per heavy atom. The number of benzene rings is 3. The van der Waals surface area contributed by atoms with Crippen molar-refractivity contribution in [3.63, 3.8) is 0 Å². The number of esters is 1. The number of nitrogens with zero attached hydrogens (tertiary/aromatic N) is 3. The molecule has 0 radical (unpaired) electrons. The summed E-state index contributed by atoms with van der Waals surface area (Å²) >= 11 is 3.42. The van der Waals surface area contributed by atoms with Crippen molar-refractivity contribution in [2.24, 2.45) is 0 Å². The van der Waals surface area contributed by atoms with E-state index in [4.69, 9.17) is 19.4 Å². The van der Waals surface area contributed by atoms with Crippen LogP contribution in [0.3, 0.4) is 0 Å². The fourth-order valence-electron chi connectivity index (χ4n) is 4.34. The summed E-state index contributed by atoms with van der Waals surface area (Å²) in [6, 6.07) is 21.7. The topological polar surface area (TPSA) is 95.3 Å². The van der Waals surface area contributed by atoms with Crippen LogP contribution in [0.5, 0.6) is 5.75 Å². The average Bonchev–Trinajstić information content (AvgIpc) is 3.26. The van der Waals surface area contributed by atoms with Gasteiger partial charge in [-0.15, -0.1) is 0 Å². The SMILES string of the molecule is CCCCCOC(=O)c1c(NC(=O)c2cccc(Br)c2)n(-c2ccc(OC)cc2)c2nc3ccccc3nc12. The van der Waals surface area contributed by atoms with Gasteiger partial charge in [0, 0.05) is 15.7 Å². The Morgan fingerprint density at radius 1 is 0.949 bits per heavy atom. The number of hydrogen-bond acceptors (Lipinski definition) is 6. The van der Waals surface area contributed by atoms with Crippen molar-refractivity contribution >= 4 is 55.8 Å². The van der Waals surface area contributed by atoms with Crippen molar-refractivity contribution in [1.82, 2.24) is 14.5 Å². The van der Waals surface area contributed by atoms with Gasteiger partial charge < -0.3 is 14.8 Å². The standard InChI is InChI=1S/C30H27BrN4O4/c1-3-4-7-17-39-30(37)25-26-28(33-24-12-6-5-11-23(24)32-26)35(21-13-15-22(38-2)16-14-21)27(25)34-29(36)19-9-8-10-20(31)18-19/h5-6,8-16,18H,3-4,7,17H2,1-2H3,(H,34,36). The first kappa shape index (κ1) is 26.4. The van der Waals surface area contributed by atoms with Gasteiger partial charge in [0.25, 0.3) is 5.91 Å². The summed E-state index contributed by atoms with van der Waals surface area (Å²) in [7, 11) is 1.59. The molecule has 0 unspecified atom stereocenters. The first-order chi connectivity index (χ1) is 19.0. The van der Waals surface area contributed by atoms with E-state index in [-0.39, 0.29) is 18.0 Å². The molecule has 2 heterocycles. The van der Waals surface area contributed by atoms with Crippen LogP contribution in [0.25, 0.3) is 27.9 Å². The number of fused-ring (bicyclic) bond motifs is 2. The second-order valence-corrected chi connectivity index (χ2v) is 9.86. The van der Waals surface area contributed by atoms with Crippen LogP contribution in [0.2, 0.25) is 0 Å². The first-order valence-electron chi connectivity index (χ1n) is 12.7. The third-order valence-corrected chi connectivity index (χ3v) is 6.79. The minimum Gasteiger partial charge on any atom is -0.497 e. The highest BCUT2D eigenvalue weighted by molar-refractivity contribution is 9.10. The zero-order chi connectivity index (χ0) is 27.4. The molecule has 0 aliphatic rings. The quantitative estimate of drug-likeness (QED) is 0.148. The van der Waals surface area contributed by atoms with Crippen LogP contribution in [-0.4, -0.2) is 40.1 Å². The summed E-state index contributed by atoms with van der Waals surface area (Å²) in [6.45, 7) is 2.35. The van der Waals surface area contributed by atoms with Crippen molar-refractivity contribution < 1.29 is 19.1 Å². The van der Waals surface area contributed by atoms with Crippen LogP contribution in [0.1, 0.15) is 46.9 Å². The van der Waals surface area contributed by atoms with Crippen LogP contribution in [0.4, 0.5) is 5.82 Å². The average molecular weight is 587 g/mol. The predicted molar refractivity (Wildman–Crippen MR) is 155 cm³/mol. The molecule has 0 atom stereocenters. The lowest BCUT2D eigenvalue weighted by molar-refractivity contribution is 0.0501. The lowest BCUT2D eigenvalue weighted by Gasteiger charge is -2.14. The summed E-state index contributed by atoms with van der Waals surface area (Å²) in [5.41, 5.74) is 3.29. The number of carbonyl (C=O) groups is 2. The van der Waals surface area contributed by atoms with Gasteiger partial charge >= 0.3 is 5.97 Å². The molecule has 2 aromatic heterocycles. The molecular formula is C30H27BrN4O4.